The van der Waals surface area contributed by atoms with Crippen LogP contribution in [0.2, 0.25) is 0 Å². The van der Waals surface area contributed by atoms with Crippen molar-refractivity contribution in [2.75, 3.05) is 55.5 Å². The highest BCUT2D eigenvalue weighted by Gasteiger charge is 2.42. The summed E-state index contributed by atoms with van der Waals surface area (Å²) in [6.07, 6.45) is 2.30. The minimum atomic E-state index is -3.37. The fourth-order valence-corrected chi connectivity index (χ4v) is 5.86. The van der Waals surface area contributed by atoms with Crippen LogP contribution < -0.4 is 15.5 Å². The zero-order valence-electron chi connectivity index (χ0n) is 24.3. The van der Waals surface area contributed by atoms with Gasteiger partial charge in [-0.25, -0.2) is 18.0 Å². The summed E-state index contributed by atoms with van der Waals surface area (Å²) in [6.45, 7) is 10.6. The number of benzene rings is 1. The average molecular weight is 582 g/mol. The monoisotopic (exact) mass is 581 g/mol. The quantitative estimate of drug-likeness (QED) is 0.352. The van der Waals surface area contributed by atoms with Gasteiger partial charge in [-0.05, 0) is 77.7 Å². The number of carboxylic acid groups (broad SMARTS) is 1. The highest BCUT2D eigenvalue weighted by atomic mass is 32.2. The Kier molecular flexibility index (Phi) is 10.1. The molecule has 3 rings (SSSR count). The molecule has 0 aliphatic carbocycles. The number of carbonyl (C=O) groups is 3. The first kappa shape index (κ1) is 31.6. The molecule has 1 aromatic carbocycles. The minimum Gasteiger partial charge on any atom is -0.465 e. The third-order valence-electron chi connectivity index (χ3n) is 7.32. The third-order valence-corrected chi connectivity index (χ3v) is 8.30. The molecule has 2 atom stereocenters. The summed E-state index contributed by atoms with van der Waals surface area (Å²) in [6, 6.07) is 2.29. The number of esters is 1. The molecule has 0 spiro atoms. The van der Waals surface area contributed by atoms with E-state index in [2.05, 4.69) is 15.5 Å². The summed E-state index contributed by atoms with van der Waals surface area (Å²) in [5.74, 6) is -1.17. The van der Waals surface area contributed by atoms with Crippen LogP contribution in [0.5, 0.6) is 0 Å². The van der Waals surface area contributed by atoms with Gasteiger partial charge in [-0.1, -0.05) is 6.42 Å². The van der Waals surface area contributed by atoms with Gasteiger partial charge in [0.25, 0.3) is 0 Å². The number of likely N-dealkylation sites (N-methyl/N-ethyl adjacent to an activating group) is 1. The minimum absolute atomic E-state index is 0.00507. The largest absolute Gasteiger partial charge is 0.465 e. The number of likely N-dealkylation sites (tertiary alicyclic amines) is 1. The van der Waals surface area contributed by atoms with Gasteiger partial charge >= 0.3 is 12.1 Å². The first-order chi connectivity index (χ1) is 18.6. The van der Waals surface area contributed by atoms with Gasteiger partial charge in [0.05, 0.1) is 23.0 Å². The van der Waals surface area contributed by atoms with Gasteiger partial charge in [0.1, 0.15) is 9.84 Å². The van der Waals surface area contributed by atoms with Crippen molar-refractivity contribution in [3.05, 3.63) is 23.3 Å². The molecule has 12 nitrogen and oxygen atoms in total. The van der Waals surface area contributed by atoms with Crippen molar-refractivity contribution in [2.24, 2.45) is 0 Å². The molecule has 1 saturated heterocycles. The molecule has 13 heteroatoms. The lowest BCUT2D eigenvalue weighted by Gasteiger charge is -2.47. The maximum absolute atomic E-state index is 13.6. The van der Waals surface area contributed by atoms with E-state index in [-0.39, 0.29) is 29.3 Å². The smallest absolute Gasteiger partial charge is 0.409 e. The SMILES string of the molecule is Cc1c(NC(=O)O)ccc2c1C(=O)OC(N[C@@H](CCS(C)(=O)=O)C(=O)N(C)CCN1CCCCC1)N2C(C)(C)C. The molecule has 2 amide bonds. The molecule has 1 aromatic rings. The number of amides is 2. The highest BCUT2D eigenvalue weighted by molar-refractivity contribution is 7.90. The third kappa shape index (κ3) is 8.07. The van der Waals surface area contributed by atoms with E-state index in [0.717, 1.165) is 38.7 Å². The molecular weight excluding hydrogens is 538 g/mol. The van der Waals surface area contributed by atoms with Crippen LogP contribution in [0, 0.1) is 6.92 Å². The van der Waals surface area contributed by atoms with Crippen molar-refractivity contribution in [3.63, 3.8) is 0 Å². The molecule has 1 unspecified atom stereocenters. The number of piperidine rings is 1. The Morgan fingerprint density at radius 3 is 2.42 bits per heavy atom. The summed E-state index contributed by atoms with van der Waals surface area (Å²) in [4.78, 5) is 43.8. The van der Waals surface area contributed by atoms with Crippen molar-refractivity contribution >= 4 is 39.2 Å². The second-order valence-corrected chi connectivity index (χ2v) is 13.9. The Morgan fingerprint density at radius 1 is 1.20 bits per heavy atom. The fourth-order valence-electron chi connectivity index (χ4n) is 5.20. The second-order valence-electron chi connectivity index (χ2n) is 11.7. The molecule has 2 heterocycles. The lowest BCUT2D eigenvalue weighted by atomic mass is 9.97. The fraction of sp³-hybridized carbons (Fsp3) is 0.667. The van der Waals surface area contributed by atoms with E-state index in [9.17, 15) is 27.9 Å². The van der Waals surface area contributed by atoms with Gasteiger partial charge in [-0.15, -0.1) is 0 Å². The summed E-state index contributed by atoms with van der Waals surface area (Å²) in [5, 5.41) is 14.6. The number of nitrogens with one attached hydrogen (secondary N) is 2. The second kappa shape index (κ2) is 12.7. The molecular formula is C27H43N5O7S. The topological polar surface area (TPSA) is 149 Å². The van der Waals surface area contributed by atoms with Crippen LogP contribution in [0.25, 0.3) is 0 Å². The lowest BCUT2D eigenvalue weighted by Crippen LogP contribution is -2.63. The number of rotatable bonds is 10. The lowest BCUT2D eigenvalue weighted by molar-refractivity contribution is -0.133. The molecule has 0 saturated carbocycles. The number of nitrogens with zero attached hydrogens (tertiary/aromatic N) is 3. The van der Waals surface area contributed by atoms with E-state index in [4.69, 9.17) is 4.74 Å². The Hall–Kier alpha value is -2.90. The summed E-state index contributed by atoms with van der Waals surface area (Å²) in [5.41, 5.74) is 0.811. The first-order valence-electron chi connectivity index (χ1n) is 13.6. The number of carbonyl (C=O) groups excluding carboxylic acids is 2. The van der Waals surface area contributed by atoms with Crippen molar-refractivity contribution in [1.82, 2.24) is 15.1 Å². The molecule has 2 aliphatic rings. The van der Waals surface area contributed by atoms with Gasteiger partial charge in [0.2, 0.25) is 12.3 Å². The van der Waals surface area contributed by atoms with Gasteiger partial charge in [-0.3, -0.25) is 15.4 Å². The van der Waals surface area contributed by atoms with Crippen LogP contribution in [-0.4, -0.2) is 104 Å². The van der Waals surface area contributed by atoms with E-state index < -0.39 is 39.8 Å². The standard InChI is InChI=1S/C27H43N5O7S/c1-18-19(29-26(35)36)10-11-21-22(18)24(34)39-25(32(21)27(2,3)4)28-20(12-17-40(6,37)38)23(33)30(5)15-16-31-13-8-7-9-14-31/h10-11,20,25,28-29H,7-9,12-17H2,1-6H3,(H,35,36)/t20-,25?/m0/s1. The number of sulfone groups is 1. The normalized spacial score (nSPS) is 19.0. The molecule has 40 heavy (non-hydrogen) atoms. The zero-order valence-corrected chi connectivity index (χ0v) is 25.1. The molecule has 0 radical (unpaired) electrons. The van der Waals surface area contributed by atoms with Gasteiger partial charge in [-0.2, -0.15) is 0 Å². The van der Waals surface area contributed by atoms with Crippen molar-refractivity contribution in [3.8, 4) is 0 Å². The highest BCUT2D eigenvalue weighted by Crippen LogP contribution is 2.38. The van der Waals surface area contributed by atoms with Gasteiger partial charge < -0.3 is 24.5 Å². The van der Waals surface area contributed by atoms with Crippen LogP contribution >= 0.6 is 0 Å². The molecule has 0 bridgehead atoms. The van der Waals surface area contributed by atoms with Crippen LogP contribution in [-0.2, 0) is 19.4 Å². The summed E-state index contributed by atoms with van der Waals surface area (Å²) >= 11 is 0. The maximum atomic E-state index is 13.6. The van der Waals surface area contributed by atoms with E-state index in [1.165, 1.54) is 6.42 Å². The van der Waals surface area contributed by atoms with Crippen LogP contribution in [0.15, 0.2) is 12.1 Å². The molecule has 1 fully saturated rings. The van der Waals surface area contributed by atoms with E-state index in [0.29, 0.717) is 17.8 Å². The molecule has 224 valence electrons. The van der Waals surface area contributed by atoms with Crippen LogP contribution in [0.3, 0.4) is 0 Å². The van der Waals surface area contributed by atoms with E-state index in [1.807, 2.05) is 25.7 Å². The summed E-state index contributed by atoms with van der Waals surface area (Å²) in [7, 11) is -1.67. The number of cyclic esters (lactones) is 1. The number of hydrogen-bond acceptors (Lipinski definition) is 9. The maximum Gasteiger partial charge on any atom is 0.409 e. The average Bonchev–Trinajstić information content (AvgIpc) is 2.85. The van der Waals surface area contributed by atoms with E-state index in [1.54, 1.807) is 31.0 Å². The predicted molar refractivity (Wildman–Crippen MR) is 153 cm³/mol. The number of fused-ring (bicyclic) bond motifs is 1. The van der Waals surface area contributed by atoms with Crippen molar-refractivity contribution < 1.29 is 32.6 Å². The molecule has 3 N–H and O–H groups in total. The van der Waals surface area contributed by atoms with Crippen LogP contribution in [0.4, 0.5) is 16.2 Å². The van der Waals surface area contributed by atoms with E-state index >= 15 is 0 Å². The van der Waals surface area contributed by atoms with Crippen LogP contribution in [0.1, 0.15) is 62.4 Å². The zero-order chi connectivity index (χ0) is 29.8. The van der Waals surface area contributed by atoms with Gasteiger partial charge in [0, 0.05) is 37.6 Å². The van der Waals surface area contributed by atoms with Crippen molar-refractivity contribution in [1.29, 1.82) is 0 Å². The Labute approximate surface area is 236 Å². The number of anilines is 2. The number of ether oxygens (including phenoxy) is 1. The summed E-state index contributed by atoms with van der Waals surface area (Å²) < 4.78 is 29.9. The Morgan fingerprint density at radius 2 is 1.85 bits per heavy atom. The Bertz CT molecular complexity index is 1210. The van der Waals surface area contributed by atoms with Gasteiger partial charge in [0.15, 0.2) is 0 Å². The molecule has 0 aromatic heterocycles. The predicted octanol–water partition coefficient (Wildman–Crippen LogP) is 2.48. The molecule has 2 aliphatic heterocycles. The Balaban J connectivity index is 1.89. The number of hydrogen-bond donors (Lipinski definition) is 3. The van der Waals surface area contributed by atoms with Crippen molar-refractivity contribution in [2.45, 2.75) is 71.3 Å². The first-order valence-corrected chi connectivity index (χ1v) is 15.7.